The summed E-state index contributed by atoms with van der Waals surface area (Å²) in [5.41, 5.74) is 0. The third kappa shape index (κ3) is 5.61. The number of hydrogen-bond donors (Lipinski definition) is 3. The van der Waals surface area contributed by atoms with Crippen LogP contribution in [0.4, 0.5) is 4.79 Å². The summed E-state index contributed by atoms with van der Waals surface area (Å²) in [4.78, 5) is 35.3. The number of nitrogens with zero attached hydrogens (tertiary/aromatic N) is 1. The van der Waals surface area contributed by atoms with Crippen LogP contribution in [0.3, 0.4) is 0 Å². The smallest absolute Gasteiger partial charge is 0.326 e. The fraction of sp³-hybridized carbons (Fsp3) is 0.786. The van der Waals surface area contributed by atoms with Crippen molar-refractivity contribution >= 4 is 18.0 Å². The van der Waals surface area contributed by atoms with E-state index in [4.69, 9.17) is 10.2 Å². The number of likely N-dealkylation sites (tertiary alicyclic amines) is 1. The summed E-state index contributed by atoms with van der Waals surface area (Å²) in [5, 5.41) is 20.1. The van der Waals surface area contributed by atoms with Gasteiger partial charge in [0.15, 0.2) is 0 Å². The van der Waals surface area contributed by atoms with Gasteiger partial charge >= 0.3 is 18.0 Å². The first-order chi connectivity index (χ1) is 9.81. The first-order valence-corrected chi connectivity index (χ1v) is 7.31. The minimum Gasteiger partial charge on any atom is -0.481 e. The van der Waals surface area contributed by atoms with Gasteiger partial charge in [0.2, 0.25) is 0 Å². The molecule has 0 aliphatic carbocycles. The molecule has 21 heavy (non-hydrogen) atoms. The average Bonchev–Trinajstić information content (AvgIpc) is 2.86. The fourth-order valence-corrected chi connectivity index (χ4v) is 2.47. The number of hydrogen-bond acceptors (Lipinski definition) is 3. The van der Waals surface area contributed by atoms with Crippen molar-refractivity contribution < 1.29 is 24.6 Å². The molecule has 0 radical (unpaired) electrons. The van der Waals surface area contributed by atoms with Gasteiger partial charge in [-0.2, -0.15) is 0 Å². The van der Waals surface area contributed by atoms with Gasteiger partial charge < -0.3 is 20.4 Å². The van der Waals surface area contributed by atoms with Crippen LogP contribution in [0.25, 0.3) is 0 Å². The maximum Gasteiger partial charge on any atom is 0.326 e. The van der Waals surface area contributed by atoms with Gasteiger partial charge in [-0.1, -0.05) is 13.8 Å². The third-order valence-electron chi connectivity index (χ3n) is 3.93. The number of aliphatic carboxylic acids is 2. The number of amides is 2. The molecule has 1 rings (SSSR count). The molecule has 1 aliphatic rings. The molecule has 120 valence electrons. The van der Waals surface area contributed by atoms with Crippen molar-refractivity contribution in [2.75, 3.05) is 13.1 Å². The lowest BCUT2D eigenvalue weighted by molar-refractivity contribution is -0.140. The van der Waals surface area contributed by atoms with Crippen molar-refractivity contribution in [1.82, 2.24) is 10.2 Å². The molecular weight excluding hydrogens is 276 g/mol. The van der Waals surface area contributed by atoms with Crippen LogP contribution in [0.1, 0.15) is 39.5 Å². The van der Waals surface area contributed by atoms with Crippen LogP contribution in [-0.2, 0) is 9.59 Å². The second-order valence-electron chi connectivity index (χ2n) is 5.87. The van der Waals surface area contributed by atoms with Gasteiger partial charge in [-0.25, -0.2) is 9.59 Å². The highest BCUT2D eigenvalue weighted by molar-refractivity contribution is 5.82. The number of nitrogens with one attached hydrogen (secondary N) is 1. The number of carboxylic acid groups (broad SMARTS) is 2. The molecule has 1 unspecified atom stereocenters. The predicted octanol–water partition coefficient (Wildman–Crippen LogP) is 1.38. The Morgan fingerprint density at radius 3 is 2.43 bits per heavy atom. The molecule has 3 N–H and O–H groups in total. The van der Waals surface area contributed by atoms with Gasteiger partial charge in [-0.05, 0) is 31.1 Å². The second kappa shape index (κ2) is 7.85. The van der Waals surface area contributed by atoms with Crippen LogP contribution in [0, 0.1) is 11.8 Å². The Labute approximate surface area is 124 Å². The van der Waals surface area contributed by atoms with E-state index >= 15 is 0 Å². The molecule has 7 heteroatoms. The van der Waals surface area contributed by atoms with Crippen LogP contribution in [-0.4, -0.2) is 52.2 Å². The average molecular weight is 300 g/mol. The molecule has 0 aromatic carbocycles. The molecule has 1 saturated heterocycles. The Kier molecular flexibility index (Phi) is 6.45. The quantitative estimate of drug-likeness (QED) is 0.658. The van der Waals surface area contributed by atoms with Crippen LogP contribution >= 0.6 is 0 Å². The molecule has 1 fully saturated rings. The molecule has 1 heterocycles. The molecular formula is C14H24N2O5. The molecule has 0 spiro atoms. The van der Waals surface area contributed by atoms with E-state index in [9.17, 15) is 14.4 Å². The normalized spacial score (nSPS) is 19.6. The van der Waals surface area contributed by atoms with Gasteiger partial charge in [0, 0.05) is 19.5 Å². The SMILES string of the molecule is CC(C)C1CCN(C(=O)N[C@H](CCCC(=O)O)C(=O)O)C1. The summed E-state index contributed by atoms with van der Waals surface area (Å²) < 4.78 is 0. The number of carboxylic acids is 2. The molecule has 0 aromatic rings. The lowest BCUT2D eigenvalue weighted by atomic mass is 9.95. The molecule has 7 nitrogen and oxygen atoms in total. The van der Waals surface area contributed by atoms with Crippen molar-refractivity contribution in [3.05, 3.63) is 0 Å². The van der Waals surface area contributed by atoms with Crippen molar-refractivity contribution in [2.24, 2.45) is 11.8 Å². The van der Waals surface area contributed by atoms with Crippen LogP contribution < -0.4 is 5.32 Å². The zero-order valence-corrected chi connectivity index (χ0v) is 12.5. The van der Waals surface area contributed by atoms with Crippen molar-refractivity contribution in [1.29, 1.82) is 0 Å². The molecule has 1 aliphatic heterocycles. The zero-order valence-electron chi connectivity index (χ0n) is 12.5. The van der Waals surface area contributed by atoms with Crippen LogP contribution in [0.2, 0.25) is 0 Å². The molecule has 2 amide bonds. The molecule has 0 bridgehead atoms. The predicted molar refractivity (Wildman–Crippen MR) is 76.0 cm³/mol. The minimum atomic E-state index is -1.13. The Morgan fingerprint density at radius 2 is 1.95 bits per heavy atom. The highest BCUT2D eigenvalue weighted by atomic mass is 16.4. The highest BCUT2D eigenvalue weighted by Gasteiger charge is 2.30. The van der Waals surface area contributed by atoms with Crippen LogP contribution in [0.15, 0.2) is 0 Å². The number of urea groups is 1. The van der Waals surface area contributed by atoms with Gasteiger partial charge in [0.25, 0.3) is 0 Å². The number of carbonyl (C=O) groups excluding carboxylic acids is 1. The van der Waals surface area contributed by atoms with E-state index < -0.39 is 18.0 Å². The standard InChI is InChI=1S/C14H24N2O5/c1-9(2)10-6-7-16(8-10)14(21)15-11(13(19)20)4-3-5-12(17)18/h9-11H,3-8H2,1-2H3,(H,15,21)(H,17,18)(H,19,20)/t10?,11-/m1/s1. The maximum atomic E-state index is 12.1. The first kappa shape index (κ1) is 17.3. The van der Waals surface area contributed by atoms with E-state index in [1.54, 1.807) is 4.90 Å². The summed E-state index contributed by atoms with van der Waals surface area (Å²) in [6, 6.07) is -1.41. The van der Waals surface area contributed by atoms with E-state index in [-0.39, 0.29) is 25.3 Å². The molecule has 2 atom stereocenters. The third-order valence-corrected chi connectivity index (χ3v) is 3.93. The Morgan fingerprint density at radius 1 is 1.29 bits per heavy atom. The Bertz CT molecular complexity index is 397. The molecule has 0 saturated carbocycles. The minimum absolute atomic E-state index is 0.0984. The highest BCUT2D eigenvalue weighted by Crippen LogP contribution is 2.23. The monoisotopic (exact) mass is 300 g/mol. The van der Waals surface area contributed by atoms with Crippen molar-refractivity contribution in [3.8, 4) is 0 Å². The first-order valence-electron chi connectivity index (χ1n) is 7.31. The molecule has 0 aromatic heterocycles. The lowest BCUT2D eigenvalue weighted by Crippen LogP contribution is -2.47. The zero-order chi connectivity index (χ0) is 16.0. The van der Waals surface area contributed by atoms with Crippen molar-refractivity contribution in [2.45, 2.75) is 45.6 Å². The topological polar surface area (TPSA) is 107 Å². The summed E-state index contributed by atoms with van der Waals surface area (Å²) in [5.74, 6) is -1.15. The van der Waals surface area contributed by atoms with Gasteiger partial charge in [-0.15, -0.1) is 0 Å². The van der Waals surface area contributed by atoms with E-state index in [1.807, 2.05) is 0 Å². The van der Waals surface area contributed by atoms with E-state index in [0.29, 0.717) is 24.9 Å². The summed E-state index contributed by atoms with van der Waals surface area (Å²) >= 11 is 0. The second-order valence-corrected chi connectivity index (χ2v) is 5.87. The largest absolute Gasteiger partial charge is 0.481 e. The number of carbonyl (C=O) groups is 3. The van der Waals surface area contributed by atoms with Gasteiger partial charge in [0.05, 0.1) is 0 Å². The van der Waals surface area contributed by atoms with E-state index in [0.717, 1.165) is 6.42 Å². The Balaban J connectivity index is 2.46. The Hall–Kier alpha value is -1.79. The lowest BCUT2D eigenvalue weighted by Gasteiger charge is -2.21. The number of rotatable bonds is 7. The maximum absolute atomic E-state index is 12.1. The van der Waals surface area contributed by atoms with Crippen molar-refractivity contribution in [3.63, 3.8) is 0 Å². The van der Waals surface area contributed by atoms with E-state index in [2.05, 4.69) is 19.2 Å². The van der Waals surface area contributed by atoms with E-state index in [1.165, 1.54) is 0 Å². The van der Waals surface area contributed by atoms with Crippen LogP contribution in [0.5, 0.6) is 0 Å². The fourth-order valence-electron chi connectivity index (χ4n) is 2.47. The summed E-state index contributed by atoms with van der Waals surface area (Å²) in [7, 11) is 0. The van der Waals surface area contributed by atoms with Gasteiger partial charge in [0.1, 0.15) is 6.04 Å². The summed E-state index contributed by atoms with van der Waals surface area (Å²) in [6.45, 7) is 5.50. The van der Waals surface area contributed by atoms with Gasteiger partial charge in [-0.3, -0.25) is 4.79 Å². The summed E-state index contributed by atoms with van der Waals surface area (Å²) in [6.07, 6.45) is 1.18.